The van der Waals surface area contributed by atoms with Gasteiger partial charge < -0.3 is 10.2 Å². The van der Waals surface area contributed by atoms with Gasteiger partial charge >= 0.3 is 0 Å². The zero-order chi connectivity index (χ0) is 13.0. The molecule has 108 valence electrons. The van der Waals surface area contributed by atoms with Crippen molar-refractivity contribution < 1.29 is 0 Å². The molecule has 0 atom stereocenters. The Hall–Kier alpha value is -0.370. The van der Waals surface area contributed by atoms with Crippen LogP contribution in [-0.4, -0.2) is 36.0 Å². The summed E-state index contributed by atoms with van der Waals surface area (Å²) >= 11 is 1.70. The molecule has 1 aliphatic heterocycles. The summed E-state index contributed by atoms with van der Waals surface area (Å²) in [5.41, 5.74) is 1.10. The van der Waals surface area contributed by atoms with Crippen molar-refractivity contribution in [1.29, 1.82) is 0 Å². The Balaban J connectivity index is 0.00000180. The van der Waals surface area contributed by atoms with Crippen molar-refractivity contribution >= 4 is 41.3 Å². The first-order valence-corrected chi connectivity index (χ1v) is 7.43. The molecule has 1 saturated heterocycles. The molecular weight excluding hydrogens is 371 g/mol. The van der Waals surface area contributed by atoms with E-state index in [4.69, 9.17) is 0 Å². The molecule has 19 heavy (non-hydrogen) atoms. The third-order valence-corrected chi connectivity index (χ3v) is 4.33. The van der Waals surface area contributed by atoms with E-state index in [-0.39, 0.29) is 24.0 Å². The van der Waals surface area contributed by atoms with E-state index in [2.05, 4.69) is 32.5 Å². The number of likely N-dealkylation sites (tertiary alicyclic amines) is 1. The maximum absolute atomic E-state index is 4.46. The summed E-state index contributed by atoms with van der Waals surface area (Å²) in [6.07, 6.45) is 2.52. The van der Waals surface area contributed by atoms with Gasteiger partial charge in [0.15, 0.2) is 5.96 Å². The number of aliphatic imine (C=N–C) groups is 1. The van der Waals surface area contributed by atoms with E-state index >= 15 is 0 Å². The SMILES string of the molecule is CN=C(NCc1nc(C)cs1)N1CCC(C)CC1.I. The number of rotatable bonds is 2. The molecule has 0 aliphatic carbocycles. The van der Waals surface area contributed by atoms with E-state index in [0.29, 0.717) is 0 Å². The van der Waals surface area contributed by atoms with Crippen molar-refractivity contribution in [3.63, 3.8) is 0 Å². The minimum atomic E-state index is 0. The van der Waals surface area contributed by atoms with E-state index in [1.807, 2.05) is 14.0 Å². The molecule has 0 saturated carbocycles. The van der Waals surface area contributed by atoms with Crippen LogP contribution < -0.4 is 5.32 Å². The Morgan fingerprint density at radius 2 is 2.21 bits per heavy atom. The Morgan fingerprint density at radius 1 is 1.53 bits per heavy atom. The van der Waals surface area contributed by atoms with E-state index in [0.717, 1.165) is 42.2 Å². The molecule has 0 radical (unpaired) electrons. The van der Waals surface area contributed by atoms with Crippen LogP contribution in [0.1, 0.15) is 30.5 Å². The minimum absolute atomic E-state index is 0. The molecule has 1 N–H and O–H groups in total. The second-order valence-corrected chi connectivity index (χ2v) is 5.90. The molecule has 1 aromatic heterocycles. The largest absolute Gasteiger partial charge is 0.350 e. The highest BCUT2D eigenvalue weighted by molar-refractivity contribution is 14.0. The van der Waals surface area contributed by atoms with Crippen molar-refractivity contribution in [1.82, 2.24) is 15.2 Å². The minimum Gasteiger partial charge on any atom is -0.350 e. The van der Waals surface area contributed by atoms with Crippen LogP contribution in [0.25, 0.3) is 0 Å². The lowest BCUT2D eigenvalue weighted by Crippen LogP contribution is -2.45. The predicted molar refractivity (Wildman–Crippen MR) is 92.4 cm³/mol. The summed E-state index contributed by atoms with van der Waals surface area (Å²) in [6, 6.07) is 0. The van der Waals surface area contributed by atoms with Crippen molar-refractivity contribution in [3.05, 3.63) is 16.1 Å². The number of hydrogen-bond donors (Lipinski definition) is 1. The number of hydrogen-bond acceptors (Lipinski definition) is 3. The second-order valence-electron chi connectivity index (χ2n) is 4.95. The Bertz CT molecular complexity index is 411. The first-order valence-electron chi connectivity index (χ1n) is 6.55. The fraction of sp³-hybridized carbons (Fsp3) is 0.692. The molecule has 6 heteroatoms. The molecule has 0 amide bonds. The summed E-state index contributed by atoms with van der Waals surface area (Å²) in [4.78, 5) is 11.2. The van der Waals surface area contributed by atoms with Gasteiger partial charge in [0.1, 0.15) is 5.01 Å². The monoisotopic (exact) mass is 394 g/mol. The molecule has 1 fully saturated rings. The van der Waals surface area contributed by atoms with E-state index in [1.165, 1.54) is 12.8 Å². The quantitative estimate of drug-likeness (QED) is 0.477. The number of aryl methyl sites for hydroxylation is 1. The number of thiazole rings is 1. The topological polar surface area (TPSA) is 40.5 Å². The molecule has 0 spiro atoms. The first-order chi connectivity index (χ1) is 8.69. The summed E-state index contributed by atoms with van der Waals surface area (Å²) < 4.78 is 0. The fourth-order valence-electron chi connectivity index (χ4n) is 2.19. The highest BCUT2D eigenvalue weighted by Gasteiger charge is 2.18. The fourth-order valence-corrected chi connectivity index (χ4v) is 2.90. The van der Waals surface area contributed by atoms with Crippen LogP contribution in [0.5, 0.6) is 0 Å². The van der Waals surface area contributed by atoms with Gasteiger partial charge in [0, 0.05) is 31.2 Å². The van der Waals surface area contributed by atoms with Crippen molar-refractivity contribution in [2.45, 2.75) is 33.2 Å². The molecule has 0 aromatic carbocycles. The van der Waals surface area contributed by atoms with Crippen LogP contribution in [-0.2, 0) is 6.54 Å². The zero-order valence-electron chi connectivity index (χ0n) is 11.8. The van der Waals surface area contributed by atoms with Crippen LogP contribution in [0.4, 0.5) is 0 Å². The van der Waals surface area contributed by atoms with Gasteiger partial charge in [-0.1, -0.05) is 6.92 Å². The lowest BCUT2D eigenvalue weighted by Gasteiger charge is -2.32. The number of guanidine groups is 1. The normalized spacial score (nSPS) is 17.2. The summed E-state index contributed by atoms with van der Waals surface area (Å²) in [7, 11) is 1.85. The van der Waals surface area contributed by atoms with Crippen molar-refractivity contribution in [2.75, 3.05) is 20.1 Å². The molecule has 4 nitrogen and oxygen atoms in total. The van der Waals surface area contributed by atoms with Crippen molar-refractivity contribution in [3.8, 4) is 0 Å². The van der Waals surface area contributed by atoms with E-state index in [1.54, 1.807) is 11.3 Å². The molecule has 1 aromatic rings. The standard InChI is InChI=1S/C13H22N4S.HI/c1-10-4-6-17(7-5-10)13(14-3)15-8-12-16-11(2)9-18-12;/h9-10H,4-8H2,1-3H3,(H,14,15);1H. The number of halogens is 1. The van der Waals surface area contributed by atoms with Crippen molar-refractivity contribution in [2.24, 2.45) is 10.9 Å². The summed E-state index contributed by atoms with van der Waals surface area (Å²) in [5, 5.41) is 6.62. The molecule has 2 rings (SSSR count). The summed E-state index contributed by atoms with van der Waals surface area (Å²) in [6.45, 7) is 7.35. The second kappa shape index (κ2) is 8.04. The van der Waals surface area contributed by atoms with Crippen LogP contribution in [0.2, 0.25) is 0 Å². The van der Waals surface area contributed by atoms with Gasteiger partial charge in [-0.2, -0.15) is 0 Å². The molecule has 0 bridgehead atoms. The zero-order valence-corrected chi connectivity index (χ0v) is 15.0. The smallest absolute Gasteiger partial charge is 0.193 e. The Morgan fingerprint density at radius 3 is 2.74 bits per heavy atom. The van der Waals surface area contributed by atoms with Crippen LogP contribution in [0, 0.1) is 12.8 Å². The van der Waals surface area contributed by atoms with Gasteiger partial charge in [0.2, 0.25) is 0 Å². The molecule has 2 heterocycles. The first kappa shape index (κ1) is 16.7. The van der Waals surface area contributed by atoms with E-state index < -0.39 is 0 Å². The van der Waals surface area contributed by atoms with Crippen LogP contribution in [0.15, 0.2) is 10.4 Å². The Labute approximate surface area is 136 Å². The highest BCUT2D eigenvalue weighted by Crippen LogP contribution is 2.16. The summed E-state index contributed by atoms with van der Waals surface area (Å²) in [5.74, 6) is 1.86. The maximum atomic E-state index is 4.46. The third-order valence-electron chi connectivity index (χ3n) is 3.36. The average Bonchev–Trinajstić information content (AvgIpc) is 2.78. The molecule has 1 aliphatic rings. The number of piperidine rings is 1. The third kappa shape index (κ3) is 4.91. The molecule has 0 unspecified atom stereocenters. The average molecular weight is 394 g/mol. The Kier molecular flexibility index (Phi) is 7.06. The van der Waals surface area contributed by atoms with E-state index in [9.17, 15) is 0 Å². The van der Waals surface area contributed by atoms with Gasteiger partial charge in [0.25, 0.3) is 0 Å². The number of nitrogens with one attached hydrogen (secondary N) is 1. The van der Waals surface area contributed by atoms with Gasteiger partial charge in [-0.05, 0) is 25.7 Å². The maximum Gasteiger partial charge on any atom is 0.193 e. The highest BCUT2D eigenvalue weighted by atomic mass is 127. The molecular formula is C13H23IN4S. The predicted octanol–water partition coefficient (Wildman–Crippen LogP) is 2.88. The van der Waals surface area contributed by atoms with Gasteiger partial charge in [-0.15, -0.1) is 35.3 Å². The van der Waals surface area contributed by atoms with Gasteiger partial charge in [-0.3, -0.25) is 4.99 Å². The van der Waals surface area contributed by atoms with Crippen LogP contribution >= 0.6 is 35.3 Å². The van der Waals surface area contributed by atoms with Crippen LogP contribution in [0.3, 0.4) is 0 Å². The number of nitrogens with zero attached hydrogens (tertiary/aromatic N) is 3. The lowest BCUT2D eigenvalue weighted by atomic mass is 10.00. The van der Waals surface area contributed by atoms with Gasteiger partial charge in [0.05, 0.1) is 6.54 Å². The van der Waals surface area contributed by atoms with Gasteiger partial charge in [-0.25, -0.2) is 4.98 Å². The lowest BCUT2D eigenvalue weighted by molar-refractivity contribution is 0.273. The number of aromatic nitrogens is 1.